The first-order valence-corrected chi connectivity index (χ1v) is 6.62. The molecule has 0 spiro atoms. The van der Waals surface area contributed by atoms with Crippen LogP contribution in [0.25, 0.3) is 0 Å². The van der Waals surface area contributed by atoms with E-state index in [9.17, 15) is 0 Å². The van der Waals surface area contributed by atoms with E-state index in [1.54, 1.807) is 0 Å². The van der Waals surface area contributed by atoms with Crippen molar-refractivity contribution in [2.45, 2.75) is 58.5 Å². The highest BCUT2D eigenvalue weighted by Gasteiger charge is 2.15. The third-order valence-corrected chi connectivity index (χ3v) is 3.44. The Morgan fingerprint density at radius 2 is 2.25 bits per heavy atom. The maximum Gasteiger partial charge on any atom is 0.0624 e. The Hall–Kier alpha value is -0.830. The van der Waals surface area contributed by atoms with E-state index in [-0.39, 0.29) is 0 Å². The number of nitrogens with zero attached hydrogens (tertiary/aromatic N) is 2. The molecule has 3 nitrogen and oxygen atoms in total. The molecule has 90 valence electrons. The highest BCUT2D eigenvalue weighted by molar-refractivity contribution is 5.10. The van der Waals surface area contributed by atoms with Gasteiger partial charge < -0.3 is 5.32 Å². The zero-order valence-corrected chi connectivity index (χ0v) is 10.5. The molecule has 1 atom stereocenters. The number of hydrogen-bond donors (Lipinski definition) is 1. The molecule has 2 heterocycles. The van der Waals surface area contributed by atoms with Gasteiger partial charge in [-0.3, -0.25) is 4.68 Å². The molecule has 2 rings (SSSR count). The molecule has 0 aliphatic carbocycles. The molecule has 3 heteroatoms. The van der Waals surface area contributed by atoms with Crippen molar-refractivity contribution in [2.75, 3.05) is 6.54 Å². The van der Waals surface area contributed by atoms with E-state index in [1.807, 2.05) is 0 Å². The van der Waals surface area contributed by atoms with Gasteiger partial charge in [0.25, 0.3) is 0 Å². The third-order valence-electron chi connectivity index (χ3n) is 3.44. The van der Waals surface area contributed by atoms with Gasteiger partial charge in [0, 0.05) is 11.7 Å². The predicted octanol–water partition coefficient (Wildman–Crippen LogP) is 2.15. The van der Waals surface area contributed by atoms with E-state index in [4.69, 9.17) is 0 Å². The van der Waals surface area contributed by atoms with Crippen molar-refractivity contribution in [1.82, 2.24) is 15.1 Å². The molecule has 0 unspecified atom stereocenters. The lowest BCUT2D eigenvalue weighted by molar-refractivity contribution is 0.346. The highest BCUT2D eigenvalue weighted by Crippen LogP contribution is 2.12. The van der Waals surface area contributed by atoms with Gasteiger partial charge in [0.1, 0.15) is 0 Å². The Labute approximate surface area is 98.2 Å². The van der Waals surface area contributed by atoms with Gasteiger partial charge in [-0.15, -0.1) is 0 Å². The summed E-state index contributed by atoms with van der Waals surface area (Å²) in [5.74, 6) is 0. The second-order valence-electron chi connectivity index (χ2n) is 4.66. The van der Waals surface area contributed by atoms with Crippen LogP contribution in [0.3, 0.4) is 0 Å². The summed E-state index contributed by atoms with van der Waals surface area (Å²) in [4.78, 5) is 0. The zero-order valence-electron chi connectivity index (χ0n) is 10.5. The predicted molar refractivity (Wildman–Crippen MR) is 66.6 cm³/mol. The first kappa shape index (κ1) is 11.6. The van der Waals surface area contributed by atoms with Crippen LogP contribution in [0.1, 0.15) is 44.5 Å². The summed E-state index contributed by atoms with van der Waals surface area (Å²) in [5, 5.41) is 8.26. The van der Waals surface area contributed by atoms with Crippen LogP contribution in [0.2, 0.25) is 0 Å². The number of hydrogen-bond acceptors (Lipinski definition) is 2. The minimum atomic E-state index is 0.628. The van der Waals surface area contributed by atoms with Crippen LogP contribution in [-0.4, -0.2) is 22.4 Å². The Morgan fingerprint density at radius 3 is 2.88 bits per heavy atom. The lowest BCUT2D eigenvalue weighted by Crippen LogP contribution is -2.37. The summed E-state index contributed by atoms with van der Waals surface area (Å²) in [6.07, 6.45) is 6.11. The van der Waals surface area contributed by atoms with Crippen molar-refractivity contribution in [3.05, 3.63) is 17.5 Å². The first-order chi connectivity index (χ1) is 7.83. The van der Waals surface area contributed by atoms with Crippen LogP contribution < -0.4 is 5.32 Å². The summed E-state index contributed by atoms with van der Waals surface area (Å²) in [5.41, 5.74) is 2.61. The highest BCUT2D eigenvalue weighted by atomic mass is 15.3. The normalized spacial score (nSPS) is 21.2. The number of rotatable bonds is 4. The average Bonchev–Trinajstić information content (AvgIpc) is 2.73. The van der Waals surface area contributed by atoms with Crippen molar-refractivity contribution in [3.63, 3.8) is 0 Å². The Kier molecular flexibility index (Phi) is 3.99. The summed E-state index contributed by atoms with van der Waals surface area (Å²) >= 11 is 0. The quantitative estimate of drug-likeness (QED) is 0.844. The molecule has 0 aromatic carbocycles. The SMILES string of the molecule is CCc1cc(CC)n(C[C@@H]2CCCCN2)n1. The molecule has 0 amide bonds. The summed E-state index contributed by atoms with van der Waals surface area (Å²) in [7, 11) is 0. The molecule has 1 aliphatic heterocycles. The summed E-state index contributed by atoms with van der Waals surface area (Å²) < 4.78 is 2.21. The second kappa shape index (κ2) is 5.48. The zero-order chi connectivity index (χ0) is 11.4. The van der Waals surface area contributed by atoms with Crippen molar-refractivity contribution >= 4 is 0 Å². The van der Waals surface area contributed by atoms with Crippen molar-refractivity contribution in [3.8, 4) is 0 Å². The molecule has 0 radical (unpaired) electrons. The molecule has 0 saturated carbocycles. The molecule has 1 fully saturated rings. The van der Waals surface area contributed by atoms with Crippen molar-refractivity contribution in [1.29, 1.82) is 0 Å². The molecule has 1 N–H and O–H groups in total. The molecule has 1 aliphatic rings. The van der Waals surface area contributed by atoms with Crippen LogP contribution in [-0.2, 0) is 19.4 Å². The van der Waals surface area contributed by atoms with Crippen LogP contribution in [0.5, 0.6) is 0 Å². The maximum absolute atomic E-state index is 4.67. The van der Waals surface area contributed by atoms with Gasteiger partial charge in [0.15, 0.2) is 0 Å². The van der Waals surface area contributed by atoms with E-state index in [0.29, 0.717) is 6.04 Å². The van der Waals surface area contributed by atoms with Crippen LogP contribution in [0, 0.1) is 0 Å². The van der Waals surface area contributed by atoms with Gasteiger partial charge in [-0.05, 0) is 38.3 Å². The lowest BCUT2D eigenvalue weighted by Gasteiger charge is -2.24. The lowest BCUT2D eigenvalue weighted by atomic mass is 10.1. The minimum absolute atomic E-state index is 0.628. The van der Waals surface area contributed by atoms with Crippen molar-refractivity contribution in [2.24, 2.45) is 0 Å². The topological polar surface area (TPSA) is 29.9 Å². The average molecular weight is 221 g/mol. The van der Waals surface area contributed by atoms with Crippen LogP contribution >= 0.6 is 0 Å². The monoisotopic (exact) mass is 221 g/mol. The molecule has 0 bridgehead atoms. The van der Waals surface area contributed by atoms with E-state index in [2.05, 4.69) is 35.0 Å². The standard InChI is InChI=1S/C13H23N3/c1-3-11-9-13(4-2)16(15-11)10-12-7-5-6-8-14-12/h9,12,14H,3-8,10H2,1-2H3/t12-/m0/s1. The minimum Gasteiger partial charge on any atom is -0.312 e. The number of piperidine rings is 1. The van der Waals surface area contributed by atoms with Crippen LogP contribution in [0.4, 0.5) is 0 Å². The van der Waals surface area contributed by atoms with Gasteiger partial charge in [0.2, 0.25) is 0 Å². The van der Waals surface area contributed by atoms with E-state index < -0.39 is 0 Å². The fraction of sp³-hybridized carbons (Fsp3) is 0.769. The van der Waals surface area contributed by atoms with E-state index >= 15 is 0 Å². The summed E-state index contributed by atoms with van der Waals surface area (Å²) in [6, 6.07) is 2.88. The number of aryl methyl sites for hydroxylation is 2. The largest absolute Gasteiger partial charge is 0.312 e. The van der Waals surface area contributed by atoms with Crippen molar-refractivity contribution < 1.29 is 0 Å². The molecular weight excluding hydrogens is 198 g/mol. The molecule has 16 heavy (non-hydrogen) atoms. The fourth-order valence-corrected chi connectivity index (χ4v) is 2.42. The maximum atomic E-state index is 4.67. The van der Waals surface area contributed by atoms with Gasteiger partial charge in [-0.25, -0.2) is 0 Å². The van der Waals surface area contributed by atoms with E-state index in [1.165, 1.54) is 37.2 Å². The molecular formula is C13H23N3. The first-order valence-electron chi connectivity index (χ1n) is 6.62. The molecule has 1 saturated heterocycles. The second-order valence-corrected chi connectivity index (χ2v) is 4.66. The number of aromatic nitrogens is 2. The summed E-state index contributed by atoms with van der Waals surface area (Å²) in [6.45, 7) is 6.60. The van der Waals surface area contributed by atoms with Gasteiger partial charge in [-0.2, -0.15) is 5.10 Å². The number of nitrogens with one attached hydrogen (secondary N) is 1. The van der Waals surface area contributed by atoms with Gasteiger partial charge >= 0.3 is 0 Å². The Morgan fingerprint density at radius 1 is 1.38 bits per heavy atom. The van der Waals surface area contributed by atoms with Gasteiger partial charge in [0.05, 0.1) is 12.2 Å². The Bertz CT molecular complexity index is 324. The fourth-order valence-electron chi connectivity index (χ4n) is 2.42. The molecule has 1 aromatic rings. The van der Waals surface area contributed by atoms with E-state index in [0.717, 1.165) is 19.4 Å². The Balaban J connectivity index is 2.03. The third kappa shape index (κ3) is 2.64. The molecule has 1 aromatic heterocycles. The van der Waals surface area contributed by atoms with Crippen LogP contribution in [0.15, 0.2) is 6.07 Å². The smallest absolute Gasteiger partial charge is 0.0624 e. The van der Waals surface area contributed by atoms with Gasteiger partial charge in [-0.1, -0.05) is 20.3 Å².